The molecule has 1 N–H and O–H groups in total. The van der Waals surface area contributed by atoms with E-state index in [1.807, 2.05) is 0 Å². The second-order valence-electron chi connectivity index (χ2n) is 5.06. The van der Waals surface area contributed by atoms with E-state index >= 15 is 0 Å². The molecule has 2 heterocycles. The Hall–Kier alpha value is -2.35. The van der Waals surface area contributed by atoms with Crippen molar-refractivity contribution in [1.29, 1.82) is 0 Å². The highest BCUT2D eigenvalue weighted by Crippen LogP contribution is 2.17. The molecule has 1 amide bonds. The average Bonchev–Trinajstić information content (AvgIpc) is 3.17. The molecular weight excluding hydrogens is 289 g/mol. The third-order valence-corrected chi connectivity index (χ3v) is 3.40. The molecule has 1 aromatic heterocycles. The number of ether oxygens (including phenoxy) is 1. The van der Waals surface area contributed by atoms with Gasteiger partial charge in [0.1, 0.15) is 12.4 Å². The molecule has 1 aromatic carbocycles. The maximum absolute atomic E-state index is 13.6. The molecule has 0 spiro atoms. The van der Waals surface area contributed by atoms with Gasteiger partial charge in [-0.2, -0.15) is 4.80 Å². The number of halogens is 1. The molecule has 0 aliphatic carbocycles. The van der Waals surface area contributed by atoms with Crippen molar-refractivity contribution in [1.82, 2.24) is 25.5 Å². The first-order chi connectivity index (χ1) is 10.7. The third-order valence-electron chi connectivity index (χ3n) is 3.40. The third kappa shape index (κ3) is 3.45. The molecule has 0 radical (unpaired) electrons. The minimum absolute atomic E-state index is 0.0613. The quantitative estimate of drug-likeness (QED) is 0.882. The number of nitrogens with one attached hydrogen (secondary N) is 1. The first kappa shape index (κ1) is 14.6. The van der Waals surface area contributed by atoms with E-state index in [0.717, 1.165) is 24.2 Å². The topological polar surface area (TPSA) is 81.9 Å². The molecule has 116 valence electrons. The van der Waals surface area contributed by atoms with Crippen LogP contribution in [0.15, 0.2) is 24.3 Å². The largest absolute Gasteiger partial charge is 0.376 e. The molecular formula is C14H16FN5O2. The number of carbonyl (C=O) groups is 1. The van der Waals surface area contributed by atoms with Crippen molar-refractivity contribution in [3.8, 4) is 11.4 Å². The van der Waals surface area contributed by atoms with Gasteiger partial charge < -0.3 is 10.1 Å². The zero-order chi connectivity index (χ0) is 15.4. The van der Waals surface area contributed by atoms with E-state index < -0.39 is 5.82 Å². The number of tetrazole rings is 1. The van der Waals surface area contributed by atoms with Crippen molar-refractivity contribution in [2.75, 3.05) is 13.2 Å². The minimum Gasteiger partial charge on any atom is -0.376 e. The standard InChI is InChI=1S/C14H16FN5O2/c15-12-6-2-1-5-11(12)14-17-19-20(18-14)9-13(21)16-8-10-4-3-7-22-10/h1-2,5-6,10H,3-4,7-9H2,(H,16,21). The Morgan fingerprint density at radius 2 is 2.32 bits per heavy atom. The predicted molar refractivity (Wildman–Crippen MR) is 75.2 cm³/mol. The smallest absolute Gasteiger partial charge is 0.243 e. The Labute approximate surface area is 126 Å². The molecule has 1 fully saturated rings. The van der Waals surface area contributed by atoms with E-state index in [9.17, 15) is 9.18 Å². The van der Waals surface area contributed by atoms with Crippen LogP contribution in [-0.2, 0) is 16.1 Å². The molecule has 8 heteroatoms. The number of benzene rings is 1. The van der Waals surface area contributed by atoms with Crippen LogP contribution in [-0.4, -0.2) is 45.4 Å². The van der Waals surface area contributed by atoms with Crippen LogP contribution in [0.5, 0.6) is 0 Å². The fourth-order valence-electron chi connectivity index (χ4n) is 2.28. The molecule has 0 saturated carbocycles. The number of carbonyl (C=O) groups excluding carboxylic acids is 1. The van der Waals surface area contributed by atoms with Crippen molar-refractivity contribution in [2.24, 2.45) is 0 Å². The summed E-state index contributed by atoms with van der Waals surface area (Å²) in [6.45, 7) is 1.17. The van der Waals surface area contributed by atoms with Gasteiger partial charge in [-0.15, -0.1) is 10.2 Å². The lowest BCUT2D eigenvalue weighted by Gasteiger charge is -2.10. The summed E-state index contributed by atoms with van der Waals surface area (Å²) < 4.78 is 19.1. The van der Waals surface area contributed by atoms with Crippen molar-refractivity contribution < 1.29 is 13.9 Å². The number of nitrogens with zero attached hydrogens (tertiary/aromatic N) is 4. The van der Waals surface area contributed by atoms with E-state index in [0.29, 0.717) is 6.54 Å². The maximum atomic E-state index is 13.6. The van der Waals surface area contributed by atoms with E-state index in [2.05, 4.69) is 20.7 Å². The lowest BCUT2D eigenvalue weighted by atomic mass is 10.2. The Morgan fingerprint density at radius 3 is 3.09 bits per heavy atom. The van der Waals surface area contributed by atoms with Gasteiger partial charge in [-0.1, -0.05) is 12.1 Å². The molecule has 0 bridgehead atoms. The molecule has 1 saturated heterocycles. The van der Waals surface area contributed by atoms with Gasteiger partial charge in [-0.25, -0.2) is 4.39 Å². The van der Waals surface area contributed by atoms with Gasteiger partial charge in [-0.05, 0) is 30.2 Å². The highest BCUT2D eigenvalue weighted by atomic mass is 19.1. The van der Waals surface area contributed by atoms with Gasteiger partial charge in [0.05, 0.1) is 11.7 Å². The monoisotopic (exact) mass is 305 g/mol. The van der Waals surface area contributed by atoms with Gasteiger partial charge in [0.15, 0.2) is 0 Å². The SMILES string of the molecule is O=C(Cn1nnc(-c2ccccc2F)n1)NCC1CCCO1. The summed E-state index contributed by atoms with van der Waals surface area (Å²) in [6, 6.07) is 6.16. The molecule has 1 aliphatic rings. The Bertz CT molecular complexity index is 654. The van der Waals surface area contributed by atoms with Crippen LogP contribution < -0.4 is 5.32 Å². The summed E-state index contributed by atoms with van der Waals surface area (Å²) in [6.07, 6.45) is 2.07. The number of rotatable bonds is 5. The van der Waals surface area contributed by atoms with Crippen LogP contribution in [0, 0.1) is 5.82 Å². The first-order valence-electron chi connectivity index (χ1n) is 7.13. The van der Waals surface area contributed by atoms with Crippen molar-refractivity contribution in [3.63, 3.8) is 0 Å². The van der Waals surface area contributed by atoms with Gasteiger partial charge >= 0.3 is 0 Å². The van der Waals surface area contributed by atoms with Crippen molar-refractivity contribution >= 4 is 5.91 Å². The number of hydrogen-bond donors (Lipinski definition) is 1. The van der Waals surface area contributed by atoms with E-state index in [-0.39, 0.29) is 29.9 Å². The summed E-state index contributed by atoms with van der Waals surface area (Å²) in [5, 5.41) is 14.3. The lowest BCUT2D eigenvalue weighted by molar-refractivity contribution is -0.122. The minimum atomic E-state index is -0.426. The first-order valence-corrected chi connectivity index (χ1v) is 7.13. The van der Waals surface area contributed by atoms with Crippen LogP contribution in [0.4, 0.5) is 4.39 Å². The van der Waals surface area contributed by atoms with Gasteiger partial charge in [0.25, 0.3) is 0 Å². The highest BCUT2D eigenvalue weighted by molar-refractivity contribution is 5.75. The lowest BCUT2D eigenvalue weighted by Crippen LogP contribution is -2.34. The molecule has 22 heavy (non-hydrogen) atoms. The van der Waals surface area contributed by atoms with Gasteiger partial charge in [0, 0.05) is 13.2 Å². The van der Waals surface area contributed by atoms with Crippen LogP contribution in [0.25, 0.3) is 11.4 Å². The Kier molecular flexibility index (Phi) is 4.38. The second-order valence-corrected chi connectivity index (χ2v) is 5.06. The normalized spacial score (nSPS) is 17.6. The van der Waals surface area contributed by atoms with Crippen LogP contribution in [0.3, 0.4) is 0 Å². The number of amides is 1. The van der Waals surface area contributed by atoms with Crippen LogP contribution >= 0.6 is 0 Å². The van der Waals surface area contributed by atoms with Crippen LogP contribution in [0.2, 0.25) is 0 Å². The predicted octanol–water partition coefficient (Wildman–Crippen LogP) is 0.774. The average molecular weight is 305 g/mol. The molecule has 1 unspecified atom stereocenters. The fraction of sp³-hybridized carbons (Fsp3) is 0.429. The maximum Gasteiger partial charge on any atom is 0.243 e. The Morgan fingerprint density at radius 1 is 1.45 bits per heavy atom. The molecule has 2 aromatic rings. The highest BCUT2D eigenvalue weighted by Gasteiger charge is 2.17. The number of hydrogen-bond acceptors (Lipinski definition) is 5. The zero-order valence-electron chi connectivity index (χ0n) is 11.9. The molecule has 7 nitrogen and oxygen atoms in total. The summed E-state index contributed by atoms with van der Waals surface area (Å²) in [5.74, 6) is -0.497. The molecule has 3 rings (SSSR count). The molecule has 1 atom stereocenters. The zero-order valence-corrected chi connectivity index (χ0v) is 11.9. The van der Waals surface area contributed by atoms with Gasteiger partial charge in [-0.3, -0.25) is 4.79 Å². The van der Waals surface area contributed by atoms with Gasteiger partial charge in [0.2, 0.25) is 11.7 Å². The summed E-state index contributed by atoms with van der Waals surface area (Å²) >= 11 is 0. The van der Waals surface area contributed by atoms with Crippen molar-refractivity contribution in [2.45, 2.75) is 25.5 Å². The summed E-state index contributed by atoms with van der Waals surface area (Å²) in [4.78, 5) is 13.0. The molecule has 1 aliphatic heterocycles. The van der Waals surface area contributed by atoms with E-state index in [1.54, 1.807) is 18.2 Å². The second kappa shape index (κ2) is 6.61. The van der Waals surface area contributed by atoms with Crippen molar-refractivity contribution in [3.05, 3.63) is 30.1 Å². The van der Waals surface area contributed by atoms with E-state index in [4.69, 9.17) is 4.74 Å². The number of aromatic nitrogens is 4. The fourth-order valence-corrected chi connectivity index (χ4v) is 2.28. The Balaban J connectivity index is 1.57. The summed E-state index contributed by atoms with van der Waals surface area (Å²) in [7, 11) is 0. The summed E-state index contributed by atoms with van der Waals surface area (Å²) in [5.41, 5.74) is 0.258. The van der Waals surface area contributed by atoms with Crippen LogP contribution in [0.1, 0.15) is 12.8 Å². The van der Waals surface area contributed by atoms with E-state index in [1.165, 1.54) is 6.07 Å².